The molecule has 0 radical (unpaired) electrons. The Kier molecular flexibility index (Phi) is 6.75. The summed E-state index contributed by atoms with van der Waals surface area (Å²) in [7, 11) is 0.857. The van der Waals surface area contributed by atoms with Gasteiger partial charge in [0.15, 0.2) is 0 Å². The van der Waals surface area contributed by atoms with Crippen molar-refractivity contribution in [3.8, 4) is 0 Å². The fraction of sp³-hybridized carbons (Fsp3) is 0.478. The lowest BCUT2D eigenvalue weighted by Gasteiger charge is -2.32. The quantitative estimate of drug-likeness (QED) is 0.459. The summed E-state index contributed by atoms with van der Waals surface area (Å²) < 4.78 is 18.5. The predicted octanol–water partition coefficient (Wildman–Crippen LogP) is 4.41. The molecule has 3 rings (SSSR count). The first-order chi connectivity index (χ1) is 14.0. The van der Waals surface area contributed by atoms with Crippen molar-refractivity contribution in [3.05, 3.63) is 57.3 Å². The van der Waals surface area contributed by atoms with E-state index in [0.29, 0.717) is 5.56 Å². The maximum Gasteiger partial charge on any atom is 0.495 e. The molecule has 30 heavy (non-hydrogen) atoms. The first-order valence-corrected chi connectivity index (χ1v) is 11.0. The average Bonchev–Trinajstić information content (AvgIpc) is 2.91. The van der Waals surface area contributed by atoms with E-state index in [-0.39, 0.29) is 5.97 Å². The number of ether oxygens (including phenoxy) is 1. The van der Waals surface area contributed by atoms with Gasteiger partial charge in [0, 0.05) is 10.2 Å². The molecule has 1 aromatic carbocycles. The van der Waals surface area contributed by atoms with Crippen LogP contribution in [0.25, 0.3) is 0 Å². The van der Waals surface area contributed by atoms with Gasteiger partial charge in [-0.1, -0.05) is 6.07 Å². The molecule has 0 atom stereocenters. The summed E-state index contributed by atoms with van der Waals surface area (Å²) in [6.45, 7) is 10.1. The number of pyridine rings is 1. The molecule has 0 saturated carbocycles. The number of hydrogen-bond acceptors (Lipinski definition) is 5. The SMILES string of the molecule is COC(=O)c1ccc(CCCc2nc(C)ccc2Br)c(B2OC(C)(C)C(C)(C)O2)c1. The molecular weight excluding hydrogens is 445 g/mol. The molecular formula is C23H29BBrNO4. The molecule has 1 saturated heterocycles. The van der Waals surface area contributed by atoms with Crippen LogP contribution in [0.15, 0.2) is 34.8 Å². The van der Waals surface area contributed by atoms with Crippen molar-refractivity contribution in [1.29, 1.82) is 0 Å². The zero-order valence-corrected chi connectivity index (χ0v) is 20.1. The number of benzene rings is 1. The molecule has 1 aromatic heterocycles. The van der Waals surface area contributed by atoms with Crippen LogP contribution in [0.5, 0.6) is 0 Å². The highest BCUT2D eigenvalue weighted by Crippen LogP contribution is 2.36. The zero-order chi connectivity index (χ0) is 22.1. The lowest BCUT2D eigenvalue weighted by molar-refractivity contribution is 0.00578. The molecule has 160 valence electrons. The Morgan fingerprint density at radius 3 is 2.40 bits per heavy atom. The van der Waals surface area contributed by atoms with E-state index in [0.717, 1.165) is 46.1 Å². The molecule has 1 fully saturated rings. The summed E-state index contributed by atoms with van der Waals surface area (Å²) in [5.74, 6) is -0.368. The van der Waals surface area contributed by atoms with Gasteiger partial charge in [0.2, 0.25) is 0 Å². The minimum Gasteiger partial charge on any atom is -0.465 e. The third kappa shape index (κ3) is 4.79. The Labute approximate surface area is 187 Å². The average molecular weight is 474 g/mol. The number of nitrogens with zero attached hydrogens (tertiary/aromatic N) is 1. The minimum absolute atomic E-state index is 0.368. The lowest BCUT2D eigenvalue weighted by atomic mass is 9.74. The highest BCUT2D eigenvalue weighted by molar-refractivity contribution is 9.10. The zero-order valence-electron chi connectivity index (χ0n) is 18.5. The van der Waals surface area contributed by atoms with Crippen molar-refractivity contribution in [2.45, 2.75) is 65.1 Å². The van der Waals surface area contributed by atoms with Crippen LogP contribution >= 0.6 is 15.9 Å². The van der Waals surface area contributed by atoms with E-state index in [9.17, 15) is 4.79 Å². The Balaban J connectivity index is 1.85. The van der Waals surface area contributed by atoms with E-state index in [1.54, 1.807) is 6.07 Å². The fourth-order valence-corrected chi connectivity index (χ4v) is 3.89. The third-order valence-electron chi connectivity index (χ3n) is 5.99. The maximum absolute atomic E-state index is 12.1. The predicted molar refractivity (Wildman–Crippen MR) is 122 cm³/mol. The monoisotopic (exact) mass is 473 g/mol. The van der Waals surface area contributed by atoms with Gasteiger partial charge in [0.1, 0.15) is 0 Å². The van der Waals surface area contributed by atoms with Crippen LogP contribution in [-0.2, 0) is 26.9 Å². The topological polar surface area (TPSA) is 57.7 Å². The molecule has 0 aliphatic carbocycles. The number of carbonyl (C=O) groups is 1. The summed E-state index contributed by atoms with van der Waals surface area (Å²) in [5.41, 5.74) is 3.64. The second-order valence-electron chi connectivity index (χ2n) is 8.73. The number of aromatic nitrogens is 1. The minimum atomic E-state index is -0.529. The number of halogens is 1. The van der Waals surface area contributed by atoms with Crippen LogP contribution in [0.3, 0.4) is 0 Å². The third-order valence-corrected chi connectivity index (χ3v) is 6.71. The first kappa shape index (κ1) is 23.0. The van der Waals surface area contributed by atoms with Crippen molar-refractivity contribution in [3.63, 3.8) is 0 Å². The Morgan fingerprint density at radius 2 is 1.77 bits per heavy atom. The van der Waals surface area contributed by atoms with Crippen LogP contribution in [0.1, 0.15) is 61.4 Å². The van der Waals surface area contributed by atoms with Crippen molar-refractivity contribution in [2.75, 3.05) is 7.11 Å². The van der Waals surface area contributed by atoms with Gasteiger partial charge < -0.3 is 14.0 Å². The van der Waals surface area contributed by atoms with Crippen molar-refractivity contribution >= 4 is 34.5 Å². The molecule has 2 heterocycles. The molecule has 0 unspecified atom stereocenters. The molecule has 1 aliphatic rings. The van der Waals surface area contributed by atoms with Crippen LogP contribution in [-0.4, -0.2) is 36.4 Å². The van der Waals surface area contributed by atoms with Gasteiger partial charge in [-0.3, -0.25) is 4.98 Å². The van der Waals surface area contributed by atoms with Crippen molar-refractivity contribution in [1.82, 2.24) is 4.98 Å². The number of aryl methyl sites for hydroxylation is 3. The molecule has 5 nitrogen and oxygen atoms in total. The molecule has 0 spiro atoms. The van der Waals surface area contributed by atoms with Gasteiger partial charge >= 0.3 is 13.1 Å². The lowest BCUT2D eigenvalue weighted by Crippen LogP contribution is -2.41. The second kappa shape index (κ2) is 8.81. The molecule has 0 bridgehead atoms. The van der Waals surface area contributed by atoms with E-state index in [4.69, 9.17) is 14.0 Å². The molecule has 2 aromatic rings. The summed E-state index contributed by atoms with van der Waals surface area (Å²) in [5, 5.41) is 0. The number of hydrogen-bond donors (Lipinski definition) is 0. The Bertz CT molecular complexity index is 929. The summed E-state index contributed by atoms with van der Waals surface area (Å²) >= 11 is 3.59. The molecule has 7 heteroatoms. The highest BCUT2D eigenvalue weighted by atomic mass is 79.9. The van der Waals surface area contributed by atoms with E-state index in [1.165, 1.54) is 7.11 Å². The van der Waals surface area contributed by atoms with E-state index in [1.807, 2.05) is 58.9 Å². The standard InChI is InChI=1S/C23H29BBrNO4/c1-15-10-13-19(25)20(26-15)9-7-8-16-11-12-17(21(27)28-6)14-18(16)24-29-22(2,3)23(4,5)30-24/h10-14H,7-9H2,1-6H3. The van der Waals surface area contributed by atoms with E-state index < -0.39 is 18.3 Å². The first-order valence-electron chi connectivity index (χ1n) is 10.2. The number of carbonyl (C=O) groups excluding carboxylic acids is 1. The normalized spacial score (nSPS) is 17.2. The van der Waals surface area contributed by atoms with Gasteiger partial charge in [-0.15, -0.1) is 0 Å². The van der Waals surface area contributed by atoms with Gasteiger partial charge in [0.05, 0.1) is 29.6 Å². The van der Waals surface area contributed by atoms with Gasteiger partial charge in [-0.2, -0.15) is 0 Å². The largest absolute Gasteiger partial charge is 0.495 e. The second-order valence-corrected chi connectivity index (χ2v) is 9.58. The number of esters is 1. The van der Waals surface area contributed by atoms with Crippen LogP contribution in [0, 0.1) is 6.92 Å². The van der Waals surface area contributed by atoms with Crippen molar-refractivity contribution in [2.24, 2.45) is 0 Å². The summed E-state index contributed by atoms with van der Waals surface area (Å²) in [4.78, 5) is 16.7. The fourth-order valence-electron chi connectivity index (χ4n) is 3.47. The van der Waals surface area contributed by atoms with Gasteiger partial charge in [-0.25, -0.2) is 4.79 Å². The van der Waals surface area contributed by atoms with Gasteiger partial charge in [-0.05, 0) is 105 Å². The Hall–Kier alpha value is -1.70. The number of methoxy groups -OCH3 is 1. The highest BCUT2D eigenvalue weighted by Gasteiger charge is 2.52. The number of rotatable bonds is 6. The van der Waals surface area contributed by atoms with Crippen LogP contribution in [0.4, 0.5) is 0 Å². The summed E-state index contributed by atoms with van der Waals surface area (Å²) in [6, 6.07) is 9.65. The van der Waals surface area contributed by atoms with E-state index >= 15 is 0 Å². The summed E-state index contributed by atoms with van der Waals surface area (Å²) in [6.07, 6.45) is 2.59. The van der Waals surface area contributed by atoms with Crippen LogP contribution in [0.2, 0.25) is 0 Å². The molecule has 0 amide bonds. The van der Waals surface area contributed by atoms with E-state index in [2.05, 4.69) is 20.9 Å². The molecule has 1 aliphatic heterocycles. The van der Waals surface area contributed by atoms with Crippen LogP contribution < -0.4 is 5.46 Å². The maximum atomic E-state index is 12.1. The molecule has 0 N–H and O–H groups in total. The van der Waals surface area contributed by atoms with Crippen molar-refractivity contribution < 1.29 is 18.8 Å². The smallest absolute Gasteiger partial charge is 0.465 e. The van der Waals surface area contributed by atoms with Gasteiger partial charge in [0.25, 0.3) is 0 Å². The Morgan fingerprint density at radius 1 is 1.10 bits per heavy atom.